The first-order valence-electron chi connectivity index (χ1n) is 3.03. The molecule has 1 heterocycles. The summed E-state index contributed by atoms with van der Waals surface area (Å²) in [4.78, 5) is 28.2. The molecule has 0 aromatic rings. The third-order valence-corrected chi connectivity index (χ3v) is 1.30. The molecule has 12 heavy (non-hydrogen) atoms. The Labute approximate surface area is 67.3 Å². The van der Waals surface area contributed by atoms with E-state index >= 15 is 0 Å². The van der Waals surface area contributed by atoms with Crippen molar-refractivity contribution >= 4 is 23.6 Å². The lowest BCUT2D eigenvalue weighted by molar-refractivity contribution is -0.128. The highest BCUT2D eigenvalue weighted by atomic mass is 16.2. The third-order valence-electron chi connectivity index (χ3n) is 1.30. The minimum absolute atomic E-state index is 0.208. The van der Waals surface area contributed by atoms with E-state index in [9.17, 15) is 9.59 Å². The first kappa shape index (κ1) is 8.18. The maximum absolute atomic E-state index is 10.9. The third kappa shape index (κ3) is 1.24. The van der Waals surface area contributed by atoms with E-state index in [1.165, 1.54) is 0 Å². The molecule has 0 bridgehead atoms. The fraction of sp³-hybridized carbons (Fsp3) is 0.200. The molecule has 2 amide bonds. The Morgan fingerprint density at radius 1 is 1.33 bits per heavy atom. The lowest BCUT2D eigenvalue weighted by Crippen LogP contribution is -2.44. The van der Waals surface area contributed by atoms with Crippen molar-refractivity contribution in [2.45, 2.75) is 0 Å². The summed E-state index contributed by atoms with van der Waals surface area (Å²) < 4.78 is 0. The van der Waals surface area contributed by atoms with Crippen LogP contribution in [0, 0.1) is 5.92 Å². The number of carbonyl (C=O) groups excluding carboxylic acids is 2. The zero-order valence-electron chi connectivity index (χ0n) is 6.02. The van der Waals surface area contributed by atoms with Crippen molar-refractivity contribution in [3.63, 3.8) is 0 Å². The van der Waals surface area contributed by atoms with Gasteiger partial charge in [0, 0.05) is 0 Å². The van der Waals surface area contributed by atoms with Crippen molar-refractivity contribution in [1.29, 1.82) is 0 Å². The van der Waals surface area contributed by atoms with Crippen LogP contribution < -0.4 is 17.2 Å². The Bertz CT molecular complexity index is 305. The number of hydrogen-bond donors (Lipinski definition) is 3. The van der Waals surface area contributed by atoms with Gasteiger partial charge >= 0.3 is 0 Å². The number of rotatable bonds is 1. The van der Waals surface area contributed by atoms with Gasteiger partial charge in [-0.05, 0) is 0 Å². The molecule has 0 fully saturated rings. The van der Waals surface area contributed by atoms with Crippen LogP contribution in [0.2, 0.25) is 0 Å². The maximum atomic E-state index is 10.9. The lowest BCUT2D eigenvalue weighted by Gasteiger charge is -2.12. The second-order valence-corrected chi connectivity index (χ2v) is 2.18. The molecule has 1 rings (SSSR count). The minimum atomic E-state index is -1.27. The predicted octanol–water partition coefficient (Wildman–Crippen LogP) is -2.70. The highest BCUT2D eigenvalue weighted by molar-refractivity contribution is 6.24. The molecule has 1 aliphatic heterocycles. The van der Waals surface area contributed by atoms with E-state index in [1.807, 2.05) is 0 Å². The molecule has 1 aliphatic rings. The summed E-state index contributed by atoms with van der Waals surface area (Å²) in [6, 6.07) is 0. The molecular formula is C5H7N5O2. The molecule has 64 valence electrons. The zero-order valence-corrected chi connectivity index (χ0v) is 6.02. The van der Waals surface area contributed by atoms with Crippen LogP contribution in [0.15, 0.2) is 9.98 Å². The summed E-state index contributed by atoms with van der Waals surface area (Å²) in [6.07, 6.45) is 0. The Morgan fingerprint density at radius 3 is 2.33 bits per heavy atom. The number of primary amides is 1. The summed E-state index contributed by atoms with van der Waals surface area (Å²) in [7, 11) is 0. The molecule has 0 radical (unpaired) electrons. The number of amides is 2. The van der Waals surface area contributed by atoms with Gasteiger partial charge in [0.1, 0.15) is 5.84 Å². The van der Waals surface area contributed by atoms with Crippen molar-refractivity contribution in [2.24, 2.45) is 33.1 Å². The number of guanidine groups is 1. The van der Waals surface area contributed by atoms with E-state index in [0.717, 1.165) is 0 Å². The first-order chi connectivity index (χ1) is 5.52. The Hall–Kier alpha value is -1.92. The highest BCUT2D eigenvalue weighted by Gasteiger charge is 2.31. The normalized spacial score (nSPS) is 23.0. The SMILES string of the molecule is NC(=O)C1C(=O)N=C(N)N=C1N. The lowest BCUT2D eigenvalue weighted by atomic mass is 10.1. The fourth-order valence-corrected chi connectivity index (χ4v) is 0.793. The van der Waals surface area contributed by atoms with Gasteiger partial charge in [-0.15, -0.1) is 0 Å². The van der Waals surface area contributed by atoms with Gasteiger partial charge in [-0.25, -0.2) is 0 Å². The van der Waals surface area contributed by atoms with E-state index < -0.39 is 17.7 Å². The van der Waals surface area contributed by atoms with Crippen LogP contribution in [0.3, 0.4) is 0 Å². The van der Waals surface area contributed by atoms with Crippen LogP contribution in [0.1, 0.15) is 0 Å². The molecule has 0 aliphatic carbocycles. The van der Waals surface area contributed by atoms with E-state index in [1.54, 1.807) is 0 Å². The predicted molar refractivity (Wildman–Crippen MR) is 40.9 cm³/mol. The Morgan fingerprint density at radius 2 is 1.92 bits per heavy atom. The average Bonchev–Trinajstić information content (AvgIpc) is 1.82. The van der Waals surface area contributed by atoms with Gasteiger partial charge in [0.2, 0.25) is 11.9 Å². The Kier molecular flexibility index (Phi) is 1.78. The molecule has 0 saturated heterocycles. The van der Waals surface area contributed by atoms with E-state index in [4.69, 9.17) is 17.2 Å². The number of hydrogen-bond acceptors (Lipinski definition) is 5. The smallest absolute Gasteiger partial charge is 0.269 e. The van der Waals surface area contributed by atoms with Crippen molar-refractivity contribution in [2.75, 3.05) is 0 Å². The summed E-state index contributed by atoms with van der Waals surface area (Å²) in [5.41, 5.74) is 15.2. The number of nitrogens with two attached hydrogens (primary N) is 3. The van der Waals surface area contributed by atoms with Crippen LogP contribution in [-0.4, -0.2) is 23.6 Å². The number of carbonyl (C=O) groups is 2. The second-order valence-electron chi connectivity index (χ2n) is 2.18. The van der Waals surface area contributed by atoms with E-state index in [-0.39, 0.29) is 11.8 Å². The van der Waals surface area contributed by atoms with Gasteiger partial charge in [-0.2, -0.15) is 9.98 Å². The number of nitrogens with zero attached hydrogens (tertiary/aromatic N) is 2. The van der Waals surface area contributed by atoms with Gasteiger partial charge in [0.15, 0.2) is 5.92 Å². The topological polar surface area (TPSA) is 137 Å². The van der Waals surface area contributed by atoms with Gasteiger partial charge in [0.25, 0.3) is 5.91 Å². The molecule has 7 nitrogen and oxygen atoms in total. The largest absolute Gasteiger partial charge is 0.386 e. The summed E-state index contributed by atoms with van der Waals surface area (Å²) in [5.74, 6) is -3.38. The number of aliphatic imine (C=N–C) groups is 2. The van der Waals surface area contributed by atoms with Gasteiger partial charge in [0.05, 0.1) is 0 Å². The van der Waals surface area contributed by atoms with Gasteiger partial charge in [-0.3, -0.25) is 9.59 Å². The summed E-state index contributed by atoms with van der Waals surface area (Å²) >= 11 is 0. The minimum Gasteiger partial charge on any atom is -0.386 e. The van der Waals surface area contributed by atoms with Crippen LogP contribution in [0.25, 0.3) is 0 Å². The summed E-state index contributed by atoms with van der Waals surface area (Å²) in [6.45, 7) is 0. The summed E-state index contributed by atoms with van der Waals surface area (Å²) in [5, 5.41) is 0. The molecule has 1 atom stereocenters. The fourth-order valence-electron chi connectivity index (χ4n) is 0.793. The molecule has 7 heteroatoms. The first-order valence-corrected chi connectivity index (χ1v) is 3.03. The molecule has 0 spiro atoms. The second kappa shape index (κ2) is 2.61. The molecule has 6 N–H and O–H groups in total. The quantitative estimate of drug-likeness (QED) is 0.367. The molecular weight excluding hydrogens is 162 g/mol. The van der Waals surface area contributed by atoms with Crippen molar-refractivity contribution in [1.82, 2.24) is 0 Å². The monoisotopic (exact) mass is 169 g/mol. The van der Waals surface area contributed by atoms with Crippen molar-refractivity contribution < 1.29 is 9.59 Å². The van der Waals surface area contributed by atoms with Crippen molar-refractivity contribution in [3.8, 4) is 0 Å². The molecule has 0 aromatic heterocycles. The van der Waals surface area contributed by atoms with Crippen LogP contribution in [0.5, 0.6) is 0 Å². The van der Waals surface area contributed by atoms with Crippen molar-refractivity contribution in [3.05, 3.63) is 0 Å². The molecule has 0 saturated carbocycles. The molecule has 1 unspecified atom stereocenters. The molecule has 0 aromatic carbocycles. The van der Waals surface area contributed by atoms with Crippen LogP contribution in [-0.2, 0) is 9.59 Å². The highest BCUT2D eigenvalue weighted by Crippen LogP contribution is 2.04. The standard InChI is InChI=1S/C5H7N5O2/c6-2-1(3(7)11)4(12)10-5(8)9-2/h1H,(H2,7,11)(H4,6,8,9,10,12). The van der Waals surface area contributed by atoms with E-state index in [2.05, 4.69) is 9.98 Å². The zero-order chi connectivity index (χ0) is 9.30. The Balaban J connectivity index is 3.03. The van der Waals surface area contributed by atoms with Gasteiger partial charge in [-0.1, -0.05) is 0 Å². The average molecular weight is 169 g/mol. The number of amidine groups is 1. The maximum Gasteiger partial charge on any atom is 0.269 e. The van der Waals surface area contributed by atoms with Crippen LogP contribution in [0.4, 0.5) is 0 Å². The van der Waals surface area contributed by atoms with E-state index in [0.29, 0.717) is 0 Å². The van der Waals surface area contributed by atoms with Gasteiger partial charge < -0.3 is 17.2 Å². The van der Waals surface area contributed by atoms with Crippen LogP contribution >= 0.6 is 0 Å².